The van der Waals surface area contributed by atoms with Crippen molar-refractivity contribution < 1.29 is 4.79 Å². The molecule has 0 N–H and O–H groups in total. The highest BCUT2D eigenvalue weighted by molar-refractivity contribution is 9.09. The van der Waals surface area contributed by atoms with Gasteiger partial charge >= 0.3 is 0 Å². The molecule has 2 rings (SSSR count). The van der Waals surface area contributed by atoms with Gasteiger partial charge in [0.2, 0.25) is 0 Å². The van der Waals surface area contributed by atoms with Crippen molar-refractivity contribution >= 4 is 33.4 Å². The molecule has 104 valence electrons. The smallest absolute Gasteiger partial charge is 0.254 e. The number of nitrogens with zero attached hydrogens (tertiary/aromatic N) is 1. The summed E-state index contributed by atoms with van der Waals surface area (Å²) in [6.07, 6.45) is 4.70. The fourth-order valence-corrected chi connectivity index (χ4v) is 3.21. The molecule has 1 saturated carbocycles. The van der Waals surface area contributed by atoms with Crippen LogP contribution in [0.25, 0.3) is 0 Å². The summed E-state index contributed by atoms with van der Waals surface area (Å²) < 4.78 is 0. The number of halogens is 2. The Morgan fingerprint density at radius 2 is 2.11 bits per heavy atom. The van der Waals surface area contributed by atoms with Crippen molar-refractivity contribution in [2.45, 2.75) is 38.6 Å². The Hall–Kier alpha value is -0.540. The molecular formula is C15H19BrClNO. The highest BCUT2D eigenvalue weighted by Gasteiger charge is 2.27. The fourth-order valence-electron chi connectivity index (χ4n) is 2.65. The molecule has 4 heteroatoms. The molecule has 0 saturated heterocycles. The molecule has 2 nitrogen and oxygen atoms in total. The second-order valence-corrected chi connectivity index (χ2v) is 6.29. The van der Waals surface area contributed by atoms with Gasteiger partial charge in [0.1, 0.15) is 0 Å². The van der Waals surface area contributed by atoms with Crippen molar-refractivity contribution in [3.05, 3.63) is 34.3 Å². The minimum absolute atomic E-state index is 0.105. The molecule has 1 fully saturated rings. The van der Waals surface area contributed by atoms with Crippen LogP contribution in [-0.4, -0.2) is 28.7 Å². The number of aryl methyl sites for hydroxylation is 1. The van der Waals surface area contributed by atoms with Crippen LogP contribution in [0.3, 0.4) is 0 Å². The Balaban J connectivity index is 2.20. The van der Waals surface area contributed by atoms with Crippen molar-refractivity contribution in [1.29, 1.82) is 0 Å². The van der Waals surface area contributed by atoms with E-state index in [0.717, 1.165) is 30.3 Å². The van der Waals surface area contributed by atoms with Crippen LogP contribution in [0, 0.1) is 6.92 Å². The molecule has 0 aromatic heterocycles. The van der Waals surface area contributed by atoms with Crippen molar-refractivity contribution in [2.24, 2.45) is 0 Å². The lowest BCUT2D eigenvalue weighted by Gasteiger charge is -2.28. The van der Waals surface area contributed by atoms with Gasteiger partial charge in [0.15, 0.2) is 0 Å². The van der Waals surface area contributed by atoms with Gasteiger partial charge in [-0.05, 0) is 37.5 Å². The van der Waals surface area contributed by atoms with Crippen LogP contribution in [0.2, 0.25) is 5.02 Å². The zero-order chi connectivity index (χ0) is 13.8. The standard InChI is InChI=1S/C15H19BrClNO/c1-11-6-7-12(10-14(11)17)15(19)18(9-8-16)13-4-2-3-5-13/h6-7,10,13H,2-5,8-9H2,1H3. The van der Waals surface area contributed by atoms with E-state index in [4.69, 9.17) is 11.6 Å². The minimum Gasteiger partial charge on any atom is -0.335 e. The third kappa shape index (κ3) is 3.51. The molecule has 0 aliphatic heterocycles. The summed E-state index contributed by atoms with van der Waals surface area (Å²) in [7, 11) is 0. The van der Waals surface area contributed by atoms with E-state index in [0.29, 0.717) is 16.6 Å². The van der Waals surface area contributed by atoms with E-state index < -0.39 is 0 Å². The Labute approximate surface area is 128 Å². The number of rotatable bonds is 4. The van der Waals surface area contributed by atoms with Crippen molar-refractivity contribution in [3.8, 4) is 0 Å². The first-order valence-corrected chi connectivity index (χ1v) is 8.26. The molecule has 0 atom stereocenters. The summed E-state index contributed by atoms with van der Waals surface area (Å²) in [4.78, 5) is 14.6. The second kappa shape index (κ2) is 6.76. The number of benzene rings is 1. The number of alkyl halides is 1. The topological polar surface area (TPSA) is 20.3 Å². The molecule has 0 spiro atoms. The summed E-state index contributed by atoms with van der Waals surface area (Å²) in [6.45, 7) is 2.71. The Kier molecular flexibility index (Phi) is 5.28. The van der Waals surface area contributed by atoms with Crippen molar-refractivity contribution in [3.63, 3.8) is 0 Å². The van der Waals surface area contributed by atoms with Gasteiger partial charge in [-0.25, -0.2) is 0 Å². The van der Waals surface area contributed by atoms with Crippen LogP contribution in [0.15, 0.2) is 18.2 Å². The van der Waals surface area contributed by atoms with Crippen LogP contribution in [0.5, 0.6) is 0 Å². The number of hydrogen-bond donors (Lipinski definition) is 0. The lowest BCUT2D eigenvalue weighted by molar-refractivity contribution is 0.0696. The zero-order valence-electron chi connectivity index (χ0n) is 11.2. The highest BCUT2D eigenvalue weighted by atomic mass is 79.9. The second-order valence-electron chi connectivity index (χ2n) is 5.09. The monoisotopic (exact) mass is 343 g/mol. The van der Waals surface area contributed by atoms with Crippen molar-refractivity contribution in [1.82, 2.24) is 4.90 Å². The minimum atomic E-state index is 0.105. The quantitative estimate of drug-likeness (QED) is 0.740. The molecule has 0 unspecified atom stereocenters. The van der Waals surface area contributed by atoms with Gasteiger partial charge in [-0.1, -0.05) is 46.4 Å². The molecule has 0 radical (unpaired) electrons. The normalized spacial score (nSPS) is 15.7. The highest BCUT2D eigenvalue weighted by Crippen LogP contribution is 2.26. The molecule has 1 aromatic carbocycles. The lowest BCUT2D eigenvalue weighted by Crippen LogP contribution is -2.40. The number of hydrogen-bond acceptors (Lipinski definition) is 1. The van der Waals surface area contributed by atoms with Crippen LogP contribution >= 0.6 is 27.5 Å². The van der Waals surface area contributed by atoms with Gasteiger partial charge in [0.05, 0.1) is 0 Å². The number of carbonyl (C=O) groups excluding carboxylic acids is 1. The molecule has 0 heterocycles. The third-order valence-corrected chi connectivity index (χ3v) is 4.53. The van der Waals surface area contributed by atoms with Gasteiger partial charge in [0.25, 0.3) is 5.91 Å². The van der Waals surface area contributed by atoms with Crippen LogP contribution in [0.1, 0.15) is 41.6 Å². The van der Waals surface area contributed by atoms with E-state index in [1.807, 2.05) is 24.0 Å². The SMILES string of the molecule is Cc1ccc(C(=O)N(CCBr)C2CCCC2)cc1Cl. The molecular weight excluding hydrogens is 326 g/mol. The Morgan fingerprint density at radius 3 is 2.68 bits per heavy atom. The molecule has 1 aliphatic carbocycles. The Morgan fingerprint density at radius 1 is 1.42 bits per heavy atom. The van der Waals surface area contributed by atoms with Gasteiger partial charge in [-0.2, -0.15) is 0 Å². The average Bonchev–Trinajstić information content (AvgIpc) is 2.92. The first-order valence-electron chi connectivity index (χ1n) is 6.76. The zero-order valence-corrected chi connectivity index (χ0v) is 13.5. The van der Waals surface area contributed by atoms with E-state index in [1.165, 1.54) is 12.8 Å². The lowest BCUT2D eigenvalue weighted by atomic mass is 10.1. The number of amides is 1. The largest absolute Gasteiger partial charge is 0.335 e. The Bertz CT molecular complexity index is 457. The summed E-state index contributed by atoms with van der Waals surface area (Å²) in [5, 5.41) is 1.48. The summed E-state index contributed by atoms with van der Waals surface area (Å²) >= 11 is 9.56. The average molecular weight is 345 g/mol. The van der Waals surface area contributed by atoms with Gasteiger partial charge in [-0.15, -0.1) is 0 Å². The molecule has 19 heavy (non-hydrogen) atoms. The van der Waals surface area contributed by atoms with E-state index in [9.17, 15) is 4.79 Å². The predicted octanol–water partition coefficient (Wildman–Crippen LogP) is 4.43. The maximum absolute atomic E-state index is 12.6. The van der Waals surface area contributed by atoms with E-state index in [-0.39, 0.29) is 5.91 Å². The number of carbonyl (C=O) groups is 1. The third-order valence-electron chi connectivity index (χ3n) is 3.77. The van der Waals surface area contributed by atoms with Crippen LogP contribution in [-0.2, 0) is 0 Å². The van der Waals surface area contributed by atoms with Gasteiger partial charge in [0, 0.05) is 28.5 Å². The van der Waals surface area contributed by atoms with E-state index in [1.54, 1.807) is 6.07 Å². The van der Waals surface area contributed by atoms with E-state index in [2.05, 4.69) is 15.9 Å². The molecule has 1 aromatic rings. The summed E-state index contributed by atoms with van der Waals surface area (Å²) in [5.74, 6) is 0.105. The first kappa shape index (κ1) is 14.9. The maximum Gasteiger partial charge on any atom is 0.254 e. The first-order chi connectivity index (χ1) is 9.13. The molecule has 1 aliphatic rings. The maximum atomic E-state index is 12.6. The van der Waals surface area contributed by atoms with E-state index >= 15 is 0 Å². The predicted molar refractivity (Wildman–Crippen MR) is 83.3 cm³/mol. The summed E-state index contributed by atoms with van der Waals surface area (Å²) in [6, 6.07) is 5.97. The molecule has 1 amide bonds. The fraction of sp³-hybridized carbons (Fsp3) is 0.533. The molecule has 0 bridgehead atoms. The van der Waals surface area contributed by atoms with Crippen LogP contribution < -0.4 is 0 Å². The van der Waals surface area contributed by atoms with Gasteiger partial charge < -0.3 is 4.90 Å². The van der Waals surface area contributed by atoms with Gasteiger partial charge in [-0.3, -0.25) is 4.79 Å². The van der Waals surface area contributed by atoms with Crippen molar-refractivity contribution in [2.75, 3.05) is 11.9 Å². The summed E-state index contributed by atoms with van der Waals surface area (Å²) in [5.41, 5.74) is 1.70. The van der Waals surface area contributed by atoms with Crippen LogP contribution in [0.4, 0.5) is 0 Å².